The lowest BCUT2D eigenvalue weighted by molar-refractivity contribution is -0.143. The van der Waals surface area contributed by atoms with E-state index < -0.39 is 157 Å². The zero-order chi connectivity index (χ0) is 62.2. The molecule has 0 aliphatic carbocycles. The zero-order valence-electron chi connectivity index (χ0n) is 46.7. The molecule has 0 heterocycles. The lowest BCUT2D eigenvalue weighted by Crippen LogP contribution is -2.61. The second kappa shape index (κ2) is 37.7. The van der Waals surface area contributed by atoms with Crippen molar-refractivity contribution >= 4 is 77.1 Å². The molecule has 0 spiro atoms. The van der Waals surface area contributed by atoms with E-state index in [-0.39, 0.29) is 88.6 Å². The minimum atomic E-state index is -1.90. The Labute approximate surface area is 474 Å². The molecule has 0 bridgehead atoms. The van der Waals surface area contributed by atoms with Crippen LogP contribution in [0.3, 0.4) is 0 Å². The van der Waals surface area contributed by atoms with E-state index >= 15 is 0 Å². The molecule has 9 atom stereocenters. The highest BCUT2D eigenvalue weighted by Gasteiger charge is 2.36. The van der Waals surface area contributed by atoms with Gasteiger partial charge in [0.2, 0.25) is 47.3 Å². The van der Waals surface area contributed by atoms with Gasteiger partial charge < -0.3 is 96.7 Å². The van der Waals surface area contributed by atoms with E-state index in [1.54, 1.807) is 13.8 Å². The van der Waals surface area contributed by atoms with Crippen LogP contribution in [0.5, 0.6) is 5.75 Å². The first kappa shape index (κ1) is 71.8. The van der Waals surface area contributed by atoms with Crippen LogP contribution in [-0.4, -0.2) is 177 Å². The number of benzene rings is 1. The Morgan fingerprint density at radius 3 is 1.32 bits per heavy atom. The number of carboxylic acid groups (broad SMARTS) is 4. The lowest BCUT2D eigenvalue weighted by Gasteiger charge is -2.28. The molecule has 1 rings (SSSR count). The van der Waals surface area contributed by atoms with Gasteiger partial charge in [0.25, 0.3) is 0 Å². The van der Waals surface area contributed by atoms with Crippen molar-refractivity contribution in [2.24, 2.45) is 45.5 Å². The molecule has 0 aliphatic heterocycles. The molecule has 9 unspecified atom stereocenters. The number of nitrogens with two attached hydrogens (primary N) is 5. The molecular formula is C51H84N14O17. The Balaban J connectivity index is 3.63. The summed E-state index contributed by atoms with van der Waals surface area (Å²) in [5, 5.41) is 67.6. The quantitative estimate of drug-likeness (QED) is 0.0169. The van der Waals surface area contributed by atoms with Gasteiger partial charge in [0.15, 0.2) is 5.96 Å². The SMILES string of the molecule is CC(C)CC(NC(=O)C(N)CC(=O)O)C(=O)NC(CCCCN)C(=O)NC(CCC(=O)O)C(=O)NC(CCCN=C(N)N)C(=O)NC(CCCCN)C(=O)NC(CC(=O)O)C(=O)NC(C(=O)NC(Cc1ccc(O)cc1)C(=O)O)C(C)C. The molecule has 82 heavy (non-hydrogen) atoms. The second-order valence-corrected chi connectivity index (χ2v) is 20.2. The van der Waals surface area contributed by atoms with Crippen LogP contribution in [0.15, 0.2) is 29.3 Å². The highest BCUT2D eigenvalue weighted by Crippen LogP contribution is 2.15. The topological polar surface area (TPSA) is 545 Å². The summed E-state index contributed by atoms with van der Waals surface area (Å²) in [6.45, 7) is 6.69. The van der Waals surface area contributed by atoms with Crippen LogP contribution in [0.25, 0.3) is 0 Å². The number of unbranched alkanes of at least 4 members (excludes halogenated alkanes) is 2. The van der Waals surface area contributed by atoms with Crippen LogP contribution in [0.1, 0.15) is 117 Å². The van der Waals surface area contributed by atoms with Crippen LogP contribution in [0, 0.1) is 11.8 Å². The summed E-state index contributed by atoms with van der Waals surface area (Å²) in [4.78, 5) is 162. The summed E-state index contributed by atoms with van der Waals surface area (Å²) in [6.07, 6.45) is -2.71. The van der Waals surface area contributed by atoms with Crippen LogP contribution in [0.2, 0.25) is 0 Å². The molecule has 0 radical (unpaired) electrons. The van der Waals surface area contributed by atoms with Gasteiger partial charge in [0, 0.05) is 19.4 Å². The van der Waals surface area contributed by atoms with Crippen molar-refractivity contribution < 1.29 is 83.1 Å². The zero-order valence-corrected chi connectivity index (χ0v) is 46.7. The van der Waals surface area contributed by atoms with Gasteiger partial charge in [-0.2, -0.15) is 0 Å². The Kier molecular flexibility index (Phi) is 33.0. The van der Waals surface area contributed by atoms with E-state index in [1.165, 1.54) is 38.1 Å². The number of amides is 8. The van der Waals surface area contributed by atoms with E-state index in [4.69, 9.17) is 33.8 Å². The highest BCUT2D eigenvalue weighted by molar-refractivity contribution is 5.99. The number of guanidine groups is 1. The van der Waals surface area contributed by atoms with E-state index in [0.29, 0.717) is 18.4 Å². The maximum atomic E-state index is 14.3. The van der Waals surface area contributed by atoms with Crippen LogP contribution >= 0.6 is 0 Å². The predicted octanol–water partition coefficient (Wildman–Crippen LogP) is -3.95. The third-order valence-corrected chi connectivity index (χ3v) is 12.3. The molecule has 460 valence electrons. The molecule has 0 aromatic heterocycles. The molecule has 31 heteroatoms. The van der Waals surface area contributed by atoms with Crippen molar-refractivity contribution in [2.45, 2.75) is 172 Å². The van der Waals surface area contributed by atoms with E-state index in [2.05, 4.69) is 47.5 Å². The predicted molar refractivity (Wildman–Crippen MR) is 294 cm³/mol. The number of aliphatic carboxylic acids is 4. The summed E-state index contributed by atoms with van der Waals surface area (Å²) in [6, 6.07) is -8.53. The molecule has 0 saturated carbocycles. The lowest BCUT2D eigenvalue weighted by atomic mass is 10.0. The van der Waals surface area contributed by atoms with Crippen LogP contribution < -0.4 is 71.2 Å². The standard InChI is InChI=1S/C51H84N14O17/c1-26(2)22-35(62-42(73)30(54)24-39(69)70)47(78)60-31(10-5-7-19-52)43(74)61-34(17-18-38(67)68)46(77)59-33(12-9-21-57-51(55)56)44(75)58-32(11-6-8-20-53)45(76)63-36(25-40(71)72)48(79)65-41(27(3)4)49(80)64-37(50(81)82)23-28-13-15-29(66)16-14-28/h13-16,26-27,30-37,41,66H,5-12,17-25,52-54H2,1-4H3,(H,58,75)(H,59,77)(H,60,78)(H,61,74)(H,62,73)(H,63,76)(H,64,80)(H,65,79)(H,67,68)(H,69,70)(H,71,72)(H,81,82)(H4,55,56,57). The van der Waals surface area contributed by atoms with Gasteiger partial charge in [-0.3, -0.25) is 57.7 Å². The fourth-order valence-corrected chi connectivity index (χ4v) is 7.96. The van der Waals surface area contributed by atoms with Gasteiger partial charge >= 0.3 is 23.9 Å². The van der Waals surface area contributed by atoms with Crippen molar-refractivity contribution in [3.05, 3.63) is 29.8 Å². The number of aromatic hydroxyl groups is 1. The number of rotatable bonds is 41. The van der Waals surface area contributed by atoms with Gasteiger partial charge in [-0.05, 0) is 107 Å². The van der Waals surface area contributed by atoms with E-state index in [0.717, 1.165) is 0 Å². The number of phenols is 1. The van der Waals surface area contributed by atoms with Crippen molar-refractivity contribution in [2.75, 3.05) is 19.6 Å². The van der Waals surface area contributed by atoms with Crippen molar-refractivity contribution in [1.82, 2.24) is 42.5 Å². The average molecular weight is 1170 g/mol. The van der Waals surface area contributed by atoms with E-state index in [9.17, 15) is 78.0 Å². The molecule has 23 N–H and O–H groups in total. The second-order valence-electron chi connectivity index (χ2n) is 20.2. The molecule has 8 amide bonds. The molecule has 1 aromatic rings. The molecule has 0 saturated heterocycles. The smallest absolute Gasteiger partial charge is 0.326 e. The Bertz CT molecular complexity index is 2350. The third-order valence-electron chi connectivity index (χ3n) is 12.3. The van der Waals surface area contributed by atoms with Crippen molar-refractivity contribution in [1.29, 1.82) is 0 Å². The third kappa shape index (κ3) is 28.8. The minimum Gasteiger partial charge on any atom is -0.508 e. The summed E-state index contributed by atoms with van der Waals surface area (Å²) >= 11 is 0. The van der Waals surface area contributed by atoms with Gasteiger partial charge in [0.1, 0.15) is 54.1 Å². The summed E-state index contributed by atoms with van der Waals surface area (Å²) in [7, 11) is 0. The molecule has 31 nitrogen and oxygen atoms in total. The summed E-state index contributed by atoms with van der Waals surface area (Å²) in [5.74, 6) is -15.4. The first-order valence-electron chi connectivity index (χ1n) is 26.8. The monoisotopic (exact) mass is 1160 g/mol. The Morgan fingerprint density at radius 2 is 0.902 bits per heavy atom. The average Bonchev–Trinajstić information content (AvgIpc) is 3.47. The van der Waals surface area contributed by atoms with Gasteiger partial charge in [0.05, 0.1) is 18.9 Å². The van der Waals surface area contributed by atoms with Gasteiger partial charge in [-0.15, -0.1) is 0 Å². The Morgan fingerprint density at radius 1 is 0.488 bits per heavy atom. The number of phenolic OH excluding ortho intramolecular Hbond substituents is 1. The molecule has 0 aliphatic rings. The highest BCUT2D eigenvalue weighted by atomic mass is 16.4. The largest absolute Gasteiger partial charge is 0.508 e. The number of carbonyl (C=O) groups excluding carboxylic acids is 8. The minimum absolute atomic E-state index is 0.00747. The molecule has 1 aromatic carbocycles. The molecule has 0 fully saturated rings. The first-order chi connectivity index (χ1) is 38.5. The van der Waals surface area contributed by atoms with Gasteiger partial charge in [-0.25, -0.2) is 4.79 Å². The summed E-state index contributed by atoms with van der Waals surface area (Å²) < 4.78 is 0. The maximum Gasteiger partial charge on any atom is 0.326 e. The Hall–Kier alpha value is -8.19. The number of aliphatic imine (C=N–C) groups is 1. The maximum absolute atomic E-state index is 14.3. The number of hydrogen-bond donors (Lipinski definition) is 18. The normalized spacial score (nSPS) is 14.4. The molecular weight excluding hydrogens is 1080 g/mol. The van der Waals surface area contributed by atoms with Crippen molar-refractivity contribution in [3.63, 3.8) is 0 Å². The number of hydrogen-bond acceptors (Lipinski definition) is 17. The number of nitrogens with zero attached hydrogens (tertiary/aromatic N) is 1. The fraction of sp³-hybridized carbons (Fsp3) is 0.627. The van der Waals surface area contributed by atoms with Gasteiger partial charge in [-0.1, -0.05) is 39.8 Å². The number of carbonyl (C=O) groups is 12. The van der Waals surface area contributed by atoms with Crippen molar-refractivity contribution in [3.8, 4) is 5.75 Å². The van der Waals surface area contributed by atoms with Crippen LogP contribution in [0.4, 0.5) is 0 Å². The number of carboxylic acids is 4. The fourth-order valence-electron chi connectivity index (χ4n) is 7.96. The first-order valence-corrected chi connectivity index (χ1v) is 26.8. The van der Waals surface area contributed by atoms with Crippen LogP contribution in [-0.2, 0) is 64.0 Å². The van der Waals surface area contributed by atoms with E-state index in [1.807, 2.05) is 0 Å². The summed E-state index contributed by atoms with van der Waals surface area (Å²) in [5.41, 5.74) is 28.5. The number of nitrogens with one attached hydrogen (secondary N) is 8.